The van der Waals surface area contributed by atoms with Crippen molar-refractivity contribution < 1.29 is 23.5 Å². The number of aryl methyl sites for hydroxylation is 1. The largest absolute Gasteiger partial charge is 0.456 e. The first-order valence-corrected chi connectivity index (χ1v) is 10.3. The lowest BCUT2D eigenvalue weighted by molar-refractivity contribution is -0.158. The molecule has 2 amide bonds. The molecule has 1 unspecified atom stereocenters. The molecule has 32 heavy (non-hydrogen) atoms. The molecule has 2 aliphatic rings. The van der Waals surface area contributed by atoms with Crippen molar-refractivity contribution in [3.8, 4) is 11.5 Å². The van der Waals surface area contributed by atoms with E-state index < -0.39 is 11.6 Å². The third-order valence-electron chi connectivity index (χ3n) is 6.12. The third kappa shape index (κ3) is 2.83. The summed E-state index contributed by atoms with van der Waals surface area (Å²) in [5.41, 5.74) is 0.596. The lowest BCUT2D eigenvalue weighted by Gasteiger charge is -2.46. The monoisotopic (exact) mass is 431 g/mol. The highest BCUT2D eigenvalue weighted by Gasteiger charge is 2.60. The number of oxazole rings is 1. The minimum absolute atomic E-state index is 0.130. The molecular formula is C24H21N3O5. The Kier molecular flexibility index (Phi) is 4.58. The quantitative estimate of drug-likeness (QED) is 0.589. The van der Waals surface area contributed by atoms with E-state index in [-0.39, 0.29) is 31.3 Å². The van der Waals surface area contributed by atoms with Crippen molar-refractivity contribution in [3.63, 3.8) is 0 Å². The van der Waals surface area contributed by atoms with Gasteiger partial charge in [0, 0.05) is 25.5 Å². The number of fused-ring (bicyclic) bond motifs is 3. The predicted molar refractivity (Wildman–Crippen MR) is 114 cm³/mol. The van der Waals surface area contributed by atoms with E-state index in [0.717, 1.165) is 5.56 Å². The molecule has 0 radical (unpaired) electrons. The van der Waals surface area contributed by atoms with Crippen LogP contribution >= 0.6 is 0 Å². The van der Waals surface area contributed by atoms with Gasteiger partial charge in [-0.05, 0) is 31.2 Å². The first kappa shape index (κ1) is 20.0. The van der Waals surface area contributed by atoms with Crippen molar-refractivity contribution in [1.29, 1.82) is 0 Å². The molecule has 3 aromatic rings. The molecular weight excluding hydrogens is 410 g/mol. The van der Waals surface area contributed by atoms with Crippen molar-refractivity contribution in [3.05, 3.63) is 71.6 Å². The molecule has 8 nitrogen and oxygen atoms in total. The third-order valence-corrected chi connectivity index (χ3v) is 6.12. The van der Waals surface area contributed by atoms with Crippen LogP contribution in [-0.4, -0.2) is 40.4 Å². The van der Waals surface area contributed by atoms with Gasteiger partial charge in [0.05, 0.1) is 11.3 Å². The van der Waals surface area contributed by atoms with Crippen LogP contribution in [0.4, 0.5) is 5.69 Å². The maximum atomic E-state index is 13.4. The Morgan fingerprint density at radius 2 is 1.84 bits per heavy atom. The molecule has 0 aliphatic carbocycles. The van der Waals surface area contributed by atoms with Gasteiger partial charge in [-0.25, -0.2) is 9.78 Å². The second kappa shape index (κ2) is 7.33. The van der Waals surface area contributed by atoms with E-state index in [2.05, 4.69) is 4.98 Å². The van der Waals surface area contributed by atoms with Gasteiger partial charge in [-0.1, -0.05) is 30.3 Å². The molecule has 0 bridgehead atoms. The number of carbonyl (C=O) groups excluding carboxylic acids is 3. The Labute approximate surface area is 184 Å². The van der Waals surface area contributed by atoms with Crippen molar-refractivity contribution >= 4 is 23.5 Å². The Morgan fingerprint density at radius 1 is 1.12 bits per heavy atom. The zero-order valence-corrected chi connectivity index (χ0v) is 17.7. The fourth-order valence-corrected chi connectivity index (χ4v) is 4.41. The van der Waals surface area contributed by atoms with Crippen LogP contribution in [0, 0.1) is 6.92 Å². The van der Waals surface area contributed by atoms with Crippen LogP contribution in [0.2, 0.25) is 0 Å². The van der Waals surface area contributed by atoms with E-state index in [0.29, 0.717) is 28.6 Å². The number of aromatic nitrogens is 1. The van der Waals surface area contributed by atoms with Gasteiger partial charge in [-0.15, -0.1) is 0 Å². The molecule has 1 aromatic heterocycles. The van der Waals surface area contributed by atoms with Gasteiger partial charge < -0.3 is 14.1 Å². The topological polar surface area (TPSA) is 93.0 Å². The van der Waals surface area contributed by atoms with E-state index in [4.69, 9.17) is 9.15 Å². The molecule has 2 aliphatic heterocycles. The highest BCUT2D eigenvalue weighted by Crippen LogP contribution is 2.44. The first-order valence-electron chi connectivity index (χ1n) is 10.3. The van der Waals surface area contributed by atoms with Gasteiger partial charge in [-0.3, -0.25) is 14.5 Å². The molecule has 1 fully saturated rings. The number of rotatable bonds is 4. The van der Waals surface area contributed by atoms with Crippen molar-refractivity contribution in [1.82, 2.24) is 9.88 Å². The highest BCUT2D eigenvalue weighted by atomic mass is 16.5. The van der Waals surface area contributed by atoms with Gasteiger partial charge in [0.2, 0.25) is 17.5 Å². The number of ether oxygens (including phenoxy) is 1. The molecule has 1 saturated heterocycles. The first-order chi connectivity index (χ1) is 15.4. The molecule has 5 rings (SSSR count). The van der Waals surface area contributed by atoms with Gasteiger partial charge in [-0.2, -0.15) is 0 Å². The summed E-state index contributed by atoms with van der Waals surface area (Å²) in [4.78, 5) is 46.4. The van der Waals surface area contributed by atoms with Gasteiger partial charge in [0.15, 0.2) is 0 Å². The number of amides is 2. The van der Waals surface area contributed by atoms with Crippen LogP contribution in [0.5, 0.6) is 0 Å². The summed E-state index contributed by atoms with van der Waals surface area (Å²) in [6.07, 6.45) is 0.302. The zero-order chi connectivity index (χ0) is 22.5. The fourth-order valence-electron chi connectivity index (χ4n) is 4.41. The molecule has 162 valence electrons. The van der Waals surface area contributed by atoms with E-state index >= 15 is 0 Å². The Bertz CT molecular complexity index is 1240. The molecule has 2 aromatic carbocycles. The zero-order valence-electron chi connectivity index (χ0n) is 17.7. The summed E-state index contributed by atoms with van der Waals surface area (Å²) in [7, 11) is 1.53. The van der Waals surface area contributed by atoms with Crippen LogP contribution in [0.1, 0.15) is 34.7 Å². The molecule has 1 atom stereocenters. The van der Waals surface area contributed by atoms with Crippen molar-refractivity contribution in [2.45, 2.75) is 32.0 Å². The number of hydrogen-bond acceptors (Lipinski definition) is 6. The van der Waals surface area contributed by atoms with E-state index in [1.54, 1.807) is 31.2 Å². The second-order valence-corrected chi connectivity index (χ2v) is 7.89. The van der Waals surface area contributed by atoms with Gasteiger partial charge in [0.25, 0.3) is 5.91 Å². The van der Waals surface area contributed by atoms with Crippen molar-refractivity contribution in [2.24, 2.45) is 0 Å². The average molecular weight is 431 g/mol. The number of nitrogens with zero attached hydrogens (tertiary/aromatic N) is 3. The lowest BCUT2D eigenvalue weighted by atomic mass is 9.97. The van der Waals surface area contributed by atoms with Crippen LogP contribution in [0.15, 0.2) is 59.0 Å². The molecule has 0 saturated carbocycles. The van der Waals surface area contributed by atoms with Crippen LogP contribution < -0.4 is 4.90 Å². The molecule has 3 heterocycles. The van der Waals surface area contributed by atoms with Gasteiger partial charge >= 0.3 is 5.97 Å². The average Bonchev–Trinajstić information content (AvgIpc) is 3.37. The second-order valence-electron chi connectivity index (χ2n) is 7.89. The SMILES string of the molecule is Cc1oc(-c2ccccc2)nc1COC(=O)C12CCC(=O)N1c1ccccc1C(=O)N2C. The van der Waals surface area contributed by atoms with E-state index in [1.165, 1.54) is 16.8 Å². The minimum Gasteiger partial charge on any atom is -0.456 e. The van der Waals surface area contributed by atoms with Crippen molar-refractivity contribution in [2.75, 3.05) is 11.9 Å². The highest BCUT2D eigenvalue weighted by molar-refractivity contribution is 6.15. The van der Waals surface area contributed by atoms with Crippen LogP contribution in [-0.2, 0) is 20.9 Å². The Morgan fingerprint density at radius 3 is 2.62 bits per heavy atom. The number of anilines is 1. The number of hydrogen-bond donors (Lipinski definition) is 0. The van der Waals surface area contributed by atoms with E-state index in [1.807, 2.05) is 30.3 Å². The summed E-state index contributed by atoms with van der Waals surface area (Å²) in [6, 6.07) is 16.2. The Balaban J connectivity index is 1.44. The summed E-state index contributed by atoms with van der Waals surface area (Å²) in [6.45, 7) is 1.62. The fraction of sp³-hybridized carbons (Fsp3) is 0.250. The summed E-state index contributed by atoms with van der Waals surface area (Å²) in [5, 5.41) is 0. The minimum atomic E-state index is -1.51. The maximum Gasteiger partial charge on any atom is 0.354 e. The number of likely N-dealkylation sites (N-methyl/N-ethyl adjacent to an activating group) is 1. The molecule has 0 N–H and O–H groups in total. The lowest BCUT2D eigenvalue weighted by Crippen LogP contribution is -2.67. The maximum absolute atomic E-state index is 13.4. The van der Waals surface area contributed by atoms with Gasteiger partial charge in [0.1, 0.15) is 18.1 Å². The number of benzene rings is 2. The normalized spacial score (nSPS) is 19.7. The summed E-state index contributed by atoms with van der Waals surface area (Å²) >= 11 is 0. The van der Waals surface area contributed by atoms with Crippen LogP contribution in [0.25, 0.3) is 11.5 Å². The number of para-hydroxylation sites is 1. The molecule has 0 spiro atoms. The van der Waals surface area contributed by atoms with Crippen LogP contribution in [0.3, 0.4) is 0 Å². The Hall–Kier alpha value is -3.94. The number of esters is 1. The predicted octanol–water partition coefficient (Wildman–Crippen LogP) is 3.30. The smallest absolute Gasteiger partial charge is 0.354 e. The standard InChI is InChI=1S/C24H21N3O5/c1-15-18(25-21(32-15)16-8-4-3-5-9-16)14-31-23(30)24-13-12-20(28)27(24)19-11-7-6-10-17(19)22(29)26(24)2/h3-11H,12-14H2,1-2H3. The summed E-state index contributed by atoms with van der Waals surface area (Å²) in [5.74, 6) is -0.252. The van der Waals surface area contributed by atoms with E-state index in [9.17, 15) is 14.4 Å². The number of carbonyl (C=O) groups is 3. The summed E-state index contributed by atoms with van der Waals surface area (Å²) < 4.78 is 11.4. The molecule has 8 heteroatoms.